The molecule has 0 saturated carbocycles. The highest BCUT2D eigenvalue weighted by Crippen LogP contribution is 2.26. The zero-order valence-electron chi connectivity index (χ0n) is 11.5. The lowest BCUT2D eigenvalue weighted by atomic mass is 10.2. The van der Waals surface area contributed by atoms with Crippen molar-refractivity contribution in [3.05, 3.63) is 53.6 Å². The van der Waals surface area contributed by atoms with Crippen LogP contribution in [0.25, 0.3) is 0 Å². The second kappa shape index (κ2) is 6.40. The Kier molecular flexibility index (Phi) is 4.57. The fourth-order valence-corrected chi connectivity index (χ4v) is 3.22. The standard InChI is InChI=1S/C15H12O6S/c1-21-9-6-7-13(11(8-9)15(18)19)22(20)12-5-3-2-4-10(12)14(16)17/h2-8H,1H3,(H,16,17)(H,18,19)/t22-/m1/s1. The first-order valence-corrected chi connectivity index (χ1v) is 7.26. The average molecular weight is 320 g/mol. The largest absolute Gasteiger partial charge is 0.497 e. The summed E-state index contributed by atoms with van der Waals surface area (Å²) in [5, 5.41) is 18.4. The summed E-state index contributed by atoms with van der Waals surface area (Å²) in [6.45, 7) is 0. The monoisotopic (exact) mass is 320 g/mol. The number of ether oxygens (including phenoxy) is 1. The predicted octanol–water partition coefficient (Wildman–Crippen LogP) is 2.26. The molecule has 1 atom stereocenters. The van der Waals surface area contributed by atoms with Gasteiger partial charge in [0.25, 0.3) is 0 Å². The molecule has 0 fully saturated rings. The Labute approximate surface area is 128 Å². The zero-order valence-corrected chi connectivity index (χ0v) is 12.3. The predicted molar refractivity (Wildman–Crippen MR) is 78.0 cm³/mol. The van der Waals surface area contributed by atoms with E-state index in [0.29, 0.717) is 5.75 Å². The summed E-state index contributed by atoms with van der Waals surface area (Å²) in [6.07, 6.45) is 0. The van der Waals surface area contributed by atoms with E-state index in [1.54, 1.807) is 6.07 Å². The number of hydrogen-bond donors (Lipinski definition) is 2. The maximum Gasteiger partial charge on any atom is 0.337 e. The third-order valence-electron chi connectivity index (χ3n) is 2.93. The summed E-state index contributed by atoms with van der Waals surface area (Å²) in [7, 11) is -0.552. The van der Waals surface area contributed by atoms with Crippen molar-refractivity contribution in [3.8, 4) is 5.75 Å². The highest BCUT2D eigenvalue weighted by Gasteiger charge is 2.21. The summed E-state index contributed by atoms with van der Waals surface area (Å²) < 4.78 is 17.6. The van der Waals surface area contributed by atoms with Crippen LogP contribution in [0.5, 0.6) is 5.75 Å². The average Bonchev–Trinajstić information content (AvgIpc) is 2.53. The minimum Gasteiger partial charge on any atom is -0.497 e. The van der Waals surface area contributed by atoms with Crippen LogP contribution in [-0.4, -0.2) is 33.5 Å². The number of carboxylic acid groups (broad SMARTS) is 2. The van der Waals surface area contributed by atoms with Crippen LogP contribution in [0.2, 0.25) is 0 Å². The van der Waals surface area contributed by atoms with E-state index in [1.165, 1.54) is 43.5 Å². The molecule has 0 aliphatic rings. The molecule has 0 aliphatic carbocycles. The second-order valence-electron chi connectivity index (χ2n) is 4.24. The first-order chi connectivity index (χ1) is 10.5. The van der Waals surface area contributed by atoms with Gasteiger partial charge in [0, 0.05) is 0 Å². The molecule has 0 saturated heterocycles. The molecule has 22 heavy (non-hydrogen) atoms. The number of carboxylic acids is 2. The molecule has 0 unspecified atom stereocenters. The molecule has 6 nitrogen and oxygen atoms in total. The molecule has 0 spiro atoms. The lowest BCUT2D eigenvalue weighted by Crippen LogP contribution is -2.09. The van der Waals surface area contributed by atoms with Gasteiger partial charge in [0.05, 0.1) is 38.8 Å². The smallest absolute Gasteiger partial charge is 0.337 e. The quantitative estimate of drug-likeness (QED) is 0.876. The summed E-state index contributed by atoms with van der Waals surface area (Å²) >= 11 is 0. The van der Waals surface area contributed by atoms with E-state index in [2.05, 4.69) is 0 Å². The van der Waals surface area contributed by atoms with Crippen molar-refractivity contribution in [2.75, 3.05) is 7.11 Å². The van der Waals surface area contributed by atoms with Crippen LogP contribution in [0.1, 0.15) is 20.7 Å². The molecule has 2 N–H and O–H groups in total. The van der Waals surface area contributed by atoms with Crippen molar-refractivity contribution in [3.63, 3.8) is 0 Å². The minimum absolute atomic E-state index is 0.0157. The maximum absolute atomic E-state index is 12.6. The molecule has 0 amide bonds. The highest BCUT2D eigenvalue weighted by molar-refractivity contribution is 7.85. The van der Waals surface area contributed by atoms with Gasteiger partial charge in [0.1, 0.15) is 5.75 Å². The SMILES string of the molecule is COc1ccc([S@](=O)c2ccccc2C(=O)O)c(C(=O)O)c1. The van der Waals surface area contributed by atoms with Crippen molar-refractivity contribution >= 4 is 22.7 Å². The van der Waals surface area contributed by atoms with Gasteiger partial charge in [-0.3, -0.25) is 0 Å². The molecule has 0 aliphatic heterocycles. The Morgan fingerprint density at radius 2 is 1.55 bits per heavy atom. The molecular formula is C15H12O6S. The van der Waals surface area contributed by atoms with E-state index in [0.717, 1.165) is 0 Å². The molecule has 0 bridgehead atoms. The van der Waals surface area contributed by atoms with Gasteiger partial charge < -0.3 is 14.9 Å². The van der Waals surface area contributed by atoms with Gasteiger partial charge in [-0.2, -0.15) is 0 Å². The van der Waals surface area contributed by atoms with Crippen LogP contribution >= 0.6 is 0 Å². The van der Waals surface area contributed by atoms with Gasteiger partial charge in [-0.15, -0.1) is 0 Å². The number of hydrogen-bond acceptors (Lipinski definition) is 4. The summed E-state index contributed by atoms with van der Waals surface area (Å²) in [5.41, 5.74) is -0.328. The topological polar surface area (TPSA) is 101 Å². The van der Waals surface area contributed by atoms with E-state index in [1.807, 2.05) is 0 Å². The number of aromatic carboxylic acids is 2. The molecule has 0 radical (unpaired) electrons. The highest BCUT2D eigenvalue weighted by atomic mass is 32.2. The van der Waals surface area contributed by atoms with Crippen LogP contribution in [0.3, 0.4) is 0 Å². The number of methoxy groups -OCH3 is 1. The van der Waals surface area contributed by atoms with Gasteiger partial charge >= 0.3 is 11.9 Å². The van der Waals surface area contributed by atoms with Crippen LogP contribution in [-0.2, 0) is 10.8 Å². The summed E-state index contributed by atoms with van der Waals surface area (Å²) in [5.74, 6) is -2.19. The van der Waals surface area contributed by atoms with Crippen molar-refractivity contribution in [2.45, 2.75) is 9.79 Å². The Balaban J connectivity index is 2.60. The fourth-order valence-electron chi connectivity index (χ4n) is 1.89. The minimum atomic E-state index is -1.94. The summed E-state index contributed by atoms with van der Waals surface area (Å²) in [4.78, 5) is 22.6. The van der Waals surface area contributed by atoms with E-state index in [4.69, 9.17) is 9.84 Å². The van der Waals surface area contributed by atoms with Gasteiger partial charge in [-0.1, -0.05) is 12.1 Å². The Morgan fingerprint density at radius 1 is 0.955 bits per heavy atom. The fraction of sp³-hybridized carbons (Fsp3) is 0.0667. The molecule has 7 heteroatoms. The maximum atomic E-state index is 12.6. The van der Waals surface area contributed by atoms with Crippen molar-refractivity contribution in [1.82, 2.24) is 0 Å². The van der Waals surface area contributed by atoms with E-state index < -0.39 is 22.7 Å². The molecule has 2 aromatic rings. The van der Waals surface area contributed by atoms with Crippen molar-refractivity contribution in [2.24, 2.45) is 0 Å². The molecule has 114 valence electrons. The molecule has 2 rings (SSSR count). The first kappa shape index (κ1) is 15.7. The Hall–Kier alpha value is -2.67. The molecular weight excluding hydrogens is 308 g/mol. The van der Waals surface area contributed by atoms with E-state index >= 15 is 0 Å². The summed E-state index contributed by atoms with van der Waals surface area (Å²) in [6, 6.07) is 9.86. The molecule has 2 aromatic carbocycles. The lowest BCUT2D eigenvalue weighted by molar-refractivity contribution is 0.0683. The van der Waals surface area contributed by atoms with Gasteiger partial charge in [0.15, 0.2) is 0 Å². The zero-order chi connectivity index (χ0) is 16.3. The van der Waals surface area contributed by atoms with Gasteiger partial charge in [0.2, 0.25) is 0 Å². The normalized spacial score (nSPS) is 11.7. The van der Waals surface area contributed by atoms with Crippen LogP contribution in [0.15, 0.2) is 52.3 Å². The lowest BCUT2D eigenvalue weighted by Gasteiger charge is -2.10. The first-order valence-electron chi connectivity index (χ1n) is 6.11. The molecule has 0 heterocycles. The van der Waals surface area contributed by atoms with Crippen molar-refractivity contribution in [1.29, 1.82) is 0 Å². The third-order valence-corrected chi connectivity index (χ3v) is 4.45. The molecule has 0 aromatic heterocycles. The Morgan fingerprint density at radius 3 is 2.14 bits per heavy atom. The number of carbonyl (C=O) groups is 2. The third kappa shape index (κ3) is 2.99. The van der Waals surface area contributed by atoms with Gasteiger partial charge in [-0.05, 0) is 30.3 Å². The van der Waals surface area contributed by atoms with E-state index in [9.17, 15) is 18.9 Å². The van der Waals surface area contributed by atoms with Crippen LogP contribution in [0.4, 0.5) is 0 Å². The van der Waals surface area contributed by atoms with E-state index in [-0.39, 0.29) is 20.9 Å². The Bertz CT molecular complexity index is 768. The number of rotatable bonds is 5. The van der Waals surface area contributed by atoms with Crippen LogP contribution < -0.4 is 4.74 Å². The second-order valence-corrected chi connectivity index (χ2v) is 5.65. The van der Waals surface area contributed by atoms with Crippen LogP contribution in [0, 0.1) is 0 Å². The van der Waals surface area contributed by atoms with Gasteiger partial charge in [-0.25, -0.2) is 13.8 Å². The van der Waals surface area contributed by atoms with Crippen molar-refractivity contribution < 1.29 is 28.7 Å². The number of benzene rings is 2.